The second-order valence-corrected chi connectivity index (χ2v) is 7.81. The molecule has 0 atom stereocenters. The van der Waals surface area contributed by atoms with E-state index in [-0.39, 0.29) is 0 Å². The maximum atomic E-state index is 2.47. The maximum absolute atomic E-state index is 2.47. The van der Waals surface area contributed by atoms with Crippen molar-refractivity contribution in [2.45, 2.75) is 44.6 Å². The lowest BCUT2D eigenvalue weighted by molar-refractivity contribution is 0.847. The Morgan fingerprint density at radius 1 is 0.792 bits per heavy atom. The van der Waals surface area contributed by atoms with Crippen LogP contribution in [0.15, 0.2) is 54.6 Å². The summed E-state index contributed by atoms with van der Waals surface area (Å²) in [4.78, 5) is 0. The lowest BCUT2D eigenvalue weighted by Crippen LogP contribution is -2.18. The highest BCUT2D eigenvalue weighted by atomic mass is 14.2. The number of hydrogen-bond donors (Lipinski definition) is 0. The van der Waals surface area contributed by atoms with E-state index in [1.165, 1.54) is 64.3 Å². The minimum absolute atomic E-state index is 0.797. The summed E-state index contributed by atoms with van der Waals surface area (Å²) in [6.07, 6.45) is 6.97. The topological polar surface area (TPSA) is 0 Å². The Morgan fingerprint density at radius 3 is 2.17 bits per heavy atom. The molecule has 1 heteroatoms. The van der Waals surface area contributed by atoms with Gasteiger partial charge in [0.25, 0.3) is 0 Å². The number of benzene rings is 4. The first-order chi connectivity index (χ1) is 11.8. The first kappa shape index (κ1) is 14.3. The lowest BCUT2D eigenvalue weighted by atomic mass is 9.39. The van der Waals surface area contributed by atoms with E-state index in [0.29, 0.717) is 0 Å². The second kappa shape index (κ2) is 5.51. The molecule has 0 nitrogen and oxygen atoms in total. The van der Waals surface area contributed by atoms with Crippen molar-refractivity contribution in [3.05, 3.63) is 60.2 Å². The van der Waals surface area contributed by atoms with E-state index in [1.807, 2.05) is 0 Å². The largest absolute Gasteiger partial charge is 0.144 e. The van der Waals surface area contributed by atoms with E-state index in [4.69, 9.17) is 0 Å². The zero-order valence-electron chi connectivity index (χ0n) is 14.4. The molecule has 0 radical (unpaired) electrons. The zero-order chi connectivity index (χ0) is 16.1. The van der Waals surface area contributed by atoms with Crippen molar-refractivity contribution < 1.29 is 0 Å². The van der Waals surface area contributed by atoms with Crippen LogP contribution in [0.3, 0.4) is 0 Å². The molecule has 5 rings (SSSR count). The maximum Gasteiger partial charge on any atom is 0.144 e. The molecule has 0 aromatic heterocycles. The summed E-state index contributed by atoms with van der Waals surface area (Å²) in [5, 5.41) is 8.51. The zero-order valence-corrected chi connectivity index (χ0v) is 14.4. The molecule has 0 heterocycles. The molecule has 24 heavy (non-hydrogen) atoms. The Morgan fingerprint density at radius 2 is 1.42 bits per heavy atom. The van der Waals surface area contributed by atoms with Gasteiger partial charge in [-0.3, -0.25) is 0 Å². The van der Waals surface area contributed by atoms with Gasteiger partial charge in [0, 0.05) is 0 Å². The van der Waals surface area contributed by atoms with Crippen LogP contribution in [0.5, 0.6) is 0 Å². The van der Waals surface area contributed by atoms with Gasteiger partial charge < -0.3 is 0 Å². The van der Waals surface area contributed by atoms with Crippen molar-refractivity contribution in [2.24, 2.45) is 0 Å². The van der Waals surface area contributed by atoms with Gasteiger partial charge in [-0.25, -0.2) is 0 Å². The van der Waals surface area contributed by atoms with Crippen molar-refractivity contribution in [1.29, 1.82) is 0 Å². The van der Waals surface area contributed by atoms with Gasteiger partial charge in [-0.15, -0.1) is 0 Å². The van der Waals surface area contributed by atoms with E-state index in [9.17, 15) is 0 Å². The average molecular weight is 310 g/mol. The summed E-state index contributed by atoms with van der Waals surface area (Å²) in [5.41, 5.74) is 1.54. The van der Waals surface area contributed by atoms with Crippen LogP contribution in [0.4, 0.5) is 0 Å². The van der Waals surface area contributed by atoms with Gasteiger partial charge in [-0.1, -0.05) is 92.9 Å². The first-order valence-corrected chi connectivity index (χ1v) is 9.47. The molecule has 118 valence electrons. The monoisotopic (exact) mass is 310 g/mol. The van der Waals surface area contributed by atoms with Crippen molar-refractivity contribution in [2.75, 3.05) is 0 Å². The third-order valence-electron chi connectivity index (χ3n) is 6.37. The van der Waals surface area contributed by atoms with Crippen LogP contribution in [0.2, 0.25) is 12.6 Å². The molecule has 0 spiro atoms. The quantitative estimate of drug-likeness (QED) is 0.290. The van der Waals surface area contributed by atoms with Gasteiger partial charge in [-0.2, -0.15) is 0 Å². The normalized spacial score (nSPS) is 15.9. The number of hydrogen-bond acceptors (Lipinski definition) is 0. The fourth-order valence-corrected chi connectivity index (χ4v) is 5.01. The van der Waals surface area contributed by atoms with Crippen LogP contribution in [0.25, 0.3) is 32.3 Å². The number of rotatable bonds is 3. The van der Waals surface area contributed by atoms with E-state index < -0.39 is 0 Å². The molecule has 1 fully saturated rings. The Labute approximate surface area is 144 Å². The van der Waals surface area contributed by atoms with Crippen molar-refractivity contribution in [3.63, 3.8) is 0 Å². The highest BCUT2D eigenvalue weighted by Crippen LogP contribution is 2.38. The third-order valence-corrected chi connectivity index (χ3v) is 6.37. The highest BCUT2D eigenvalue weighted by molar-refractivity contribution is 6.58. The van der Waals surface area contributed by atoms with E-state index in [2.05, 4.69) is 61.4 Å². The average Bonchev–Trinajstić information content (AvgIpc) is 3.16. The highest BCUT2D eigenvalue weighted by Gasteiger charge is 2.25. The summed E-state index contributed by atoms with van der Waals surface area (Å²) in [7, 11) is 0. The molecule has 0 N–H and O–H groups in total. The minimum atomic E-state index is 0.797. The molecule has 1 saturated carbocycles. The van der Waals surface area contributed by atoms with Crippen LogP contribution in [0, 0.1) is 0 Å². The Bertz CT molecular complexity index is 995. The standard InChI is InChI=1S/C23H23B/c1-24(20-7-2-3-8-20)15-19-12-11-18-10-9-16-5-4-6-17-13-14-21(19)23(18)22(16)17/h4-6,9-14,20H,2-3,7-8,15H2,1H3. The predicted molar refractivity (Wildman–Crippen MR) is 108 cm³/mol. The molecule has 0 aliphatic heterocycles. The predicted octanol–water partition coefficient (Wildman–Crippen LogP) is 6.73. The molecule has 0 bridgehead atoms. The summed E-state index contributed by atoms with van der Waals surface area (Å²) in [6, 6.07) is 20.6. The Kier molecular flexibility index (Phi) is 3.29. The second-order valence-electron chi connectivity index (χ2n) is 7.81. The van der Waals surface area contributed by atoms with E-state index in [0.717, 1.165) is 12.5 Å². The fourth-order valence-electron chi connectivity index (χ4n) is 5.01. The third kappa shape index (κ3) is 2.14. The van der Waals surface area contributed by atoms with E-state index in [1.54, 1.807) is 5.56 Å². The fraction of sp³-hybridized carbons (Fsp3) is 0.304. The lowest BCUT2D eigenvalue weighted by Gasteiger charge is -2.18. The van der Waals surface area contributed by atoms with Crippen molar-refractivity contribution >= 4 is 39.0 Å². The Hall–Kier alpha value is -2.02. The van der Waals surface area contributed by atoms with Crippen LogP contribution in [-0.2, 0) is 6.32 Å². The van der Waals surface area contributed by atoms with Gasteiger partial charge in [0.2, 0.25) is 0 Å². The molecular formula is C23H23B. The molecule has 4 aromatic rings. The molecule has 0 unspecified atom stereocenters. The van der Waals surface area contributed by atoms with Crippen molar-refractivity contribution in [1.82, 2.24) is 0 Å². The first-order valence-electron chi connectivity index (χ1n) is 9.47. The van der Waals surface area contributed by atoms with Gasteiger partial charge in [0.1, 0.15) is 6.71 Å². The summed E-state index contributed by atoms with van der Waals surface area (Å²) in [5.74, 6) is 0.934. The molecular weight excluding hydrogens is 287 g/mol. The smallest absolute Gasteiger partial charge is 0.0856 e. The van der Waals surface area contributed by atoms with Crippen LogP contribution < -0.4 is 0 Å². The molecule has 1 aliphatic carbocycles. The summed E-state index contributed by atoms with van der Waals surface area (Å²) >= 11 is 0. The Balaban J connectivity index is 1.69. The summed E-state index contributed by atoms with van der Waals surface area (Å²) in [6.45, 7) is 3.26. The van der Waals surface area contributed by atoms with Crippen LogP contribution in [0.1, 0.15) is 31.2 Å². The van der Waals surface area contributed by atoms with Crippen LogP contribution >= 0.6 is 0 Å². The SMILES string of the molecule is CB(Cc1ccc2ccc3cccc4ccc1c2c34)C1CCCC1. The van der Waals surface area contributed by atoms with Gasteiger partial charge in [0.05, 0.1) is 0 Å². The van der Waals surface area contributed by atoms with Crippen LogP contribution in [-0.4, -0.2) is 6.71 Å². The molecule has 0 saturated heterocycles. The van der Waals surface area contributed by atoms with Gasteiger partial charge in [0.15, 0.2) is 0 Å². The molecule has 1 aliphatic rings. The minimum Gasteiger partial charge on any atom is -0.0856 e. The van der Waals surface area contributed by atoms with Crippen molar-refractivity contribution in [3.8, 4) is 0 Å². The van der Waals surface area contributed by atoms with E-state index >= 15 is 0 Å². The molecule has 0 amide bonds. The van der Waals surface area contributed by atoms with Gasteiger partial charge in [-0.05, 0) is 44.2 Å². The molecule has 4 aromatic carbocycles. The van der Waals surface area contributed by atoms with Gasteiger partial charge >= 0.3 is 0 Å². The summed E-state index contributed by atoms with van der Waals surface area (Å²) < 4.78 is 0.